The number of nitrogens with one attached hydrogen (secondary N) is 3. The predicted molar refractivity (Wildman–Crippen MR) is 150 cm³/mol. The van der Waals surface area contributed by atoms with Gasteiger partial charge in [0.1, 0.15) is 24.7 Å². The Balaban J connectivity index is 1.23. The molecule has 1 aromatic carbocycles. The van der Waals surface area contributed by atoms with Crippen molar-refractivity contribution >= 4 is 46.0 Å². The van der Waals surface area contributed by atoms with Gasteiger partial charge in [0.05, 0.1) is 34.9 Å². The zero-order chi connectivity index (χ0) is 26.9. The maximum Gasteiger partial charge on any atom is 0.257 e. The van der Waals surface area contributed by atoms with Gasteiger partial charge in [0, 0.05) is 44.5 Å². The minimum absolute atomic E-state index is 0.0363. The average molecular weight is 556 g/mol. The van der Waals surface area contributed by atoms with E-state index in [9.17, 15) is 4.79 Å². The summed E-state index contributed by atoms with van der Waals surface area (Å²) in [5.41, 5.74) is 1.74. The summed E-state index contributed by atoms with van der Waals surface area (Å²) in [4.78, 5) is 30.4. The Labute approximate surface area is 232 Å². The van der Waals surface area contributed by atoms with Crippen LogP contribution in [0.15, 0.2) is 18.3 Å². The van der Waals surface area contributed by atoms with E-state index in [1.54, 1.807) is 12.3 Å². The minimum atomic E-state index is -0.0363. The molecule has 2 saturated heterocycles. The minimum Gasteiger partial charge on any atom is -0.485 e. The molecule has 3 aromatic rings. The number of carbonyl (C=O) groups is 1. The fourth-order valence-corrected chi connectivity index (χ4v) is 5.73. The number of hydrogen-bond acceptors (Lipinski definition) is 9. The molecule has 0 bridgehead atoms. The van der Waals surface area contributed by atoms with Crippen LogP contribution in [0.25, 0.3) is 11.0 Å². The highest BCUT2D eigenvalue weighted by Crippen LogP contribution is 2.42. The molecule has 0 saturated carbocycles. The summed E-state index contributed by atoms with van der Waals surface area (Å²) in [5.74, 6) is 1.90. The van der Waals surface area contributed by atoms with E-state index >= 15 is 0 Å². The molecule has 0 unspecified atom stereocenters. The molecule has 208 valence electrons. The highest BCUT2D eigenvalue weighted by molar-refractivity contribution is 6.36. The normalized spacial score (nSPS) is 18.5. The summed E-state index contributed by atoms with van der Waals surface area (Å²) in [6.45, 7) is 9.77. The lowest BCUT2D eigenvalue weighted by Crippen LogP contribution is -2.50. The zero-order valence-corrected chi connectivity index (χ0v) is 23.0. The lowest BCUT2D eigenvalue weighted by molar-refractivity contribution is 0.00152. The molecule has 2 fully saturated rings. The van der Waals surface area contributed by atoms with Crippen LogP contribution >= 0.6 is 11.6 Å². The first kappa shape index (κ1) is 26.0. The number of carbonyl (C=O) groups excluding carboxylic acids is 1. The fraction of sp³-hybridized carbons (Fsp3) is 0.519. The molecule has 2 aromatic heterocycles. The van der Waals surface area contributed by atoms with Gasteiger partial charge in [-0.3, -0.25) is 9.69 Å². The van der Waals surface area contributed by atoms with Crippen LogP contribution < -0.4 is 20.1 Å². The monoisotopic (exact) mass is 555 g/mol. The number of likely N-dealkylation sites (tertiary alicyclic amines) is 1. The van der Waals surface area contributed by atoms with E-state index in [0.717, 1.165) is 44.5 Å². The van der Waals surface area contributed by atoms with Crippen LogP contribution in [0.2, 0.25) is 5.02 Å². The van der Waals surface area contributed by atoms with E-state index in [0.29, 0.717) is 77.5 Å². The number of rotatable bonds is 6. The Kier molecular flexibility index (Phi) is 7.37. The number of anilines is 3. The molecular weight excluding hydrogens is 522 g/mol. The Morgan fingerprint density at radius 1 is 1.05 bits per heavy atom. The maximum absolute atomic E-state index is 13.6. The number of halogens is 1. The second kappa shape index (κ2) is 11.1. The van der Waals surface area contributed by atoms with E-state index in [-0.39, 0.29) is 11.9 Å². The van der Waals surface area contributed by atoms with E-state index in [4.69, 9.17) is 25.8 Å². The smallest absolute Gasteiger partial charge is 0.257 e. The van der Waals surface area contributed by atoms with Crippen LogP contribution in [0.3, 0.4) is 0 Å². The second-order valence-corrected chi connectivity index (χ2v) is 10.8. The first-order valence-electron chi connectivity index (χ1n) is 13.6. The third kappa shape index (κ3) is 5.30. The van der Waals surface area contributed by atoms with Crippen molar-refractivity contribution in [3.8, 4) is 11.5 Å². The number of amides is 1. The number of piperidine rings is 1. The third-order valence-electron chi connectivity index (χ3n) is 7.39. The number of nitrogens with zero attached hydrogens (tertiary/aromatic N) is 4. The van der Waals surface area contributed by atoms with E-state index in [1.807, 2.05) is 24.8 Å². The summed E-state index contributed by atoms with van der Waals surface area (Å²) in [6.07, 6.45) is 3.61. The summed E-state index contributed by atoms with van der Waals surface area (Å²) >= 11 is 6.38. The molecule has 1 amide bonds. The van der Waals surface area contributed by atoms with Crippen molar-refractivity contribution in [2.75, 3.05) is 63.2 Å². The van der Waals surface area contributed by atoms with Crippen LogP contribution in [-0.4, -0.2) is 95.3 Å². The van der Waals surface area contributed by atoms with Crippen LogP contribution in [0, 0.1) is 0 Å². The van der Waals surface area contributed by atoms with Crippen LogP contribution in [0.5, 0.6) is 11.5 Å². The molecule has 39 heavy (non-hydrogen) atoms. The van der Waals surface area contributed by atoms with Crippen molar-refractivity contribution in [1.82, 2.24) is 24.8 Å². The summed E-state index contributed by atoms with van der Waals surface area (Å²) in [7, 11) is 0. The molecule has 0 radical (unpaired) electrons. The highest BCUT2D eigenvalue weighted by Gasteiger charge is 2.31. The van der Waals surface area contributed by atoms with Crippen molar-refractivity contribution in [1.29, 1.82) is 0 Å². The van der Waals surface area contributed by atoms with E-state index in [2.05, 4.69) is 30.5 Å². The summed E-state index contributed by atoms with van der Waals surface area (Å²) in [6, 6.07) is 4.27. The zero-order valence-electron chi connectivity index (χ0n) is 22.3. The first-order valence-corrected chi connectivity index (χ1v) is 14.0. The lowest BCUT2D eigenvalue weighted by Gasteiger charge is -2.40. The lowest BCUT2D eigenvalue weighted by atomic mass is 10.0. The Morgan fingerprint density at radius 2 is 1.79 bits per heavy atom. The molecule has 5 heterocycles. The number of morpholine rings is 1. The van der Waals surface area contributed by atoms with Crippen LogP contribution in [0.4, 0.5) is 17.5 Å². The number of hydrogen-bond donors (Lipinski definition) is 3. The second-order valence-electron chi connectivity index (χ2n) is 10.4. The van der Waals surface area contributed by atoms with Gasteiger partial charge in [0.25, 0.3) is 5.91 Å². The summed E-state index contributed by atoms with van der Waals surface area (Å²) < 4.78 is 17.5. The van der Waals surface area contributed by atoms with Gasteiger partial charge in [-0.05, 0) is 38.8 Å². The molecule has 3 aliphatic heterocycles. The molecule has 12 heteroatoms. The van der Waals surface area contributed by atoms with E-state index in [1.165, 1.54) is 0 Å². The summed E-state index contributed by atoms with van der Waals surface area (Å²) in [5, 5.41) is 7.88. The third-order valence-corrected chi connectivity index (χ3v) is 7.69. The number of ether oxygens (including phenoxy) is 3. The number of benzene rings is 1. The van der Waals surface area contributed by atoms with Gasteiger partial charge in [-0.25, -0.2) is 0 Å². The average Bonchev–Trinajstić information content (AvgIpc) is 3.33. The van der Waals surface area contributed by atoms with Crippen molar-refractivity contribution in [2.24, 2.45) is 0 Å². The fourth-order valence-electron chi connectivity index (χ4n) is 5.50. The van der Waals surface area contributed by atoms with Gasteiger partial charge in [-0.2, -0.15) is 9.97 Å². The SMILES string of the molecule is CC(C)Nc1nc(Nc2ccc(C(=O)N3CCC(N4CCOCC4)CC3)c3c2OCCO3)nc2[nH]cc(Cl)c12. The van der Waals surface area contributed by atoms with E-state index < -0.39 is 0 Å². The molecule has 11 nitrogen and oxygen atoms in total. The highest BCUT2D eigenvalue weighted by atomic mass is 35.5. The number of aromatic amines is 1. The van der Waals surface area contributed by atoms with Gasteiger partial charge in [-0.1, -0.05) is 11.6 Å². The number of aromatic nitrogens is 3. The van der Waals surface area contributed by atoms with Gasteiger partial charge in [0.15, 0.2) is 11.5 Å². The van der Waals surface area contributed by atoms with Gasteiger partial charge < -0.3 is 34.7 Å². The molecule has 0 aliphatic carbocycles. The predicted octanol–water partition coefficient (Wildman–Crippen LogP) is 3.88. The van der Waals surface area contributed by atoms with Crippen molar-refractivity contribution < 1.29 is 19.0 Å². The largest absolute Gasteiger partial charge is 0.485 e. The number of fused-ring (bicyclic) bond motifs is 2. The number of H-pyrrole nitrogens is 1. The maximum atomic E-state index is 13.6. The molecule has 6 rings (SSSR count). The quantitative estimate of drug-likeness (QED) is 0.416. The molecular formula is C27H34ClN7O4. The van der Waals surface area contributed by atoms with Gasteiger partial charge in [-0.15, -0.1) is 0 Å². The van der Waals surface area contributed by atoms with Crippen molar-refractivity contribution in [2.45, 2.75) is 38.8 Å². The standard InChI is InChI=1S/C27H34ClN7O4/c1-16(2)30-25-21-19(28)15-29-24(21)32-27(33-25)31-20-4-3-18(22-23(20)39-14-13-38-22)26(36)35-7-5-17(6-8-35)34-9-11-37-12-10-34/h3-4,15-17H,5-14H2,1-2H3,(H3,29,30,31,32,33). The Morgan fingerprint density at radius 3 is 2.54 bits per heavy atom. The Bertz CT molecular complexity index is 1350. The Hall–Kier alpha value is -3.28. The van der Waals surface area contributed by atoms with Crippen molar-refractivity contribution in [3.63, 3.8) is 0 Å². The molecule has 0 spiro atoms. The van der Waals surface area contributed by atoms with Crippen molar-refractivity contribution in [3.05, 3.63) is 28.9 Å². The van der Waals surface area contributed by atoms with Gasteiger partial charge in [0.2, 0.25) is 5.95 Å². The molecule has 3 N–H and O–H groups in total. The molecule has 3 aliphatic rings. The first-order chi connectivity index (χ1) is 19.0. The molecule has 0 atom stereocenters. The van der Waals surface area contributed by atoms with Gasteiger partial charge >= 0.3 is 0 Å². The topological polar surface area (TPSA) is 117 Å². The van der Waals surface area contributed by atoms with Crippen LogP contribution in [0.1, 0.15) is 37.0 Å². The van der Waals surface area contributed by atoms with Crippen LogP contribution in [-0.2, 0) is 4.74 Å².